The summed E-state index contributed by atoms with van der Waals surface area (Å²) in [5, 5.41) is 8.88. The van der Waals surface area contributed by atoms with Gasteiger partial charge in [0.2, 0.25) is 0 Å². The summed E-state index contributed by atoms with van der Waals surface area (Å²) in [6.07, 6.45) is 1.69. The monoisotopic (exact) mass is 266 g/mol. The van der Waals surface area contributed by atoms with Gasteiger partial charge in [0.05, 0.1) is 0 Å². The van der Waals surface area contributed by atoms with Crippen LogP contribution in [0.3, 0.4) is 0 Å². The number of nitriles is 1. The van der Waals surface area contributed by atoms with Gasteiger partial charge in [0.1, 0.15) is 11.8 Å². The molecule has 0 radical (unpaired) electrons. The van der Waals surface area contributed by atoms with Gasteiger partial charge in [-0.25, -0.2) is 4.98 Å². The van der Waals surface area contributed by atoms with Crippen LogP contribution in [0.5, 0.6) is 0 Å². The first kappa shape index (κ1) is 14.0. The minimum Gasteiger partial charge on any atom is -0.399 e. The molecule has 2 rings (SSSR count). The lowest BCUT2D eigenvalue weighted by Gasteiger charge is -2.20. The third kappa shape index (κ3) is 3.81. The standard InChI is InChI=1S/C16H18N4/c1-2-20(11-13-3-5-15(18)6-4-13)12-14-7-8-19-16(9-14)10-17/h3-9H,2,11-12,18H2,1H3. The molecule has 0 aliphatic rings. The molecule has 102 valence electrons. The quantitative estimate of drug-likeness (QED) is 0.845. The van der Waals surface area contributed by atoms with Gasteiger partial charge in [-0.2, -0.15) is 5.26 Å². The van der Waals surface area contributed by atoms with Gasteiger partial charge in [0.15, 0.2) is 0 Å². The van der Waals surface area contributed by atoms with Crippen molar-refractivity contribution in [1.29, 1.82) is 5.26 Å². The van der Waals surface area contributed by atoms with Crippen molar-refractivity contribution in [3.05, 3.63) is 59.4 Å². The van der Waals surface area contributed by atoms with Crippen molar-refractivity contribution >= 4 is 5.69 Å². The molecule has 0 fully saturated rings. The summed E-state index contributed by atoms with van der Waals surface area (Å²) in [7, 11) is 0. The zero-order valence-corrected chi connectivity index (χ0v) is 11.6. The van der Waals surface area contributed by atoms with E-state index in [4.69, 9.17) is 11.0 Å². The Kier molecular flexibility index (Phi) is 4.70. The second-order valence-electron chi connectivity index (χ2n) is 4.71. The first-order valence-corrected chi connectivity index (χ1v) is 6.63. The summed E-state index contributed by atoms with van der Waals surface area (Å²) in [6, 6.07) is 13.8. The number of nitrogens with two attached hydrogens (primary N) is 1. The van der Waals surface area contributed by atoms with Gasteiger partial charge < -0.3 is 5.73 Å². The molecule has 2 aromatic rings. The van der Waals surface area contributed by atoms with E-state index in [0.717, 1.165) is 30.9 Å². The van der Waals surface area contributed by atoms with Gasteiger partial charge >= 0.3 is 0 Å². The van der Waals surface area contributed by atoms with E-state index in [-0.39, 0.29) is 0 Å². The predicted octanol–water partition coefficient (Wildman–Crippen LogP) is 2.56. The Bertz CT molecular complexity index is 599. The SMILES string of the molecule is CCN(Cc1ccc(N)cc1)Cc1ccnc(C#N)c1. The van der Waals surface area contributed by atoms with E-state index in [1.54, 1.807) is 6.20 Å². The van der Waals surface area contributed by atoms with E-state index >= 15 is 0 Å². The van der Waals surface area contributed by atoms with Crippen molar-refractivity contribution < 1.29 is 0 Å². The Balaban J connectivity index is 2.05. The first-order valence-electron chi connectivity index (χ1n) is 6.63. The largest absolute Gasteiger partial charge is 0.399 e. The van der Waals surface area contributed by atoms with Gasteiger partial charge in [0, 0.05) is 25.0 Å². The Morgan fingerprint density at radius 1 is 1.15 bits per heavy atom. The maximum Gasteiger partial charge on any atom is 0.140 e. The highest BCUT2D eigenvalue weighted by molar-refractivity contribution is 5.39. The second kappa shape index (κ2) is 6.69. The van der Waals surface area contributed by atoms with Crippen LogP contribution in [0.1, 0.15) is 23.7 Å². The number of anilines is 1. The van der Waals surface area contributed by atoms with Crippen LogP contribution in [0, 0.1) is 11.3 Å². The fraction of sp³-hybridized carbons (Fsp3) is 0.250. The molecule has 20 heavy (non-hydrogen) atoms. The Hall–Kier alpha value is -2.38. The summed E-state index contributed by atoms with van der Waals surface area (Å²) in [6.45, 7) is 4.73. The van der Waals surface area contributed by atoms with Gasteiger partial charge in [-0.05, 0) is 41.9 Å². The highest BCUT2D eigenvalue weighted by atomic mass is 15.1. The molecule has 0 saturated carbocycles. The fourth-order valence-corrected chi connectivity index (χ4v) is 2.05. The normalized spacial score (nSPS) is 10.4. The van der Waals surface area contributed by atoms with E-state index in [1.807, 2.05) is 36.4 Å². The van der Waals surface area contributed by atoms with Crippen LogP contribution < -0.4 is 5.73 Å². The zero-order valence-electron chi connectivity index (χ0n) is 11.6. The number of nitrogen functional groups attached to an aromatic ring is 1. The van der Waals surface area contributed by atoms with Crippen LogP contribution in [-0.4, -0.2) is 16.4 Å². The maximum atomic E-state index is 8.88. The molecular formula is C16H18N4. The number of pyridine rings is 1. The smallest absolute Gasteiger partial charge is 0.140 e. The molecule has 0 atom stereocenters. The molecule has 0 spiro atoms. The van der Waals surface area contributed by atoms with Crippen molar-refractivity contribution in [2.75, 3.05) is 12.3 Å². The van der Waals surface area contributed by atoms with Gasteiger partial charge in [0.25, 0.3) is 0 Å². The molecule has 0 amide bonds. The lowest BCUT2D eigenvalue weighted by Crippen LogP contribution is -2.22. The first-order chi connectivity index (χ1) is 9.71. The molecule has 0 aliphatic heterocycles. The zero-order chi connectivity index (χ0) is 14.4. The minimum atomic E-state index is 0.464. The molecule has 4 heteroatoms. The summed E-state index contributed by atoms with van der Waals surface area (Å²) < 4.78 is 0. The summed E-state index contributed by atoms with van der Waals surface area (Å²) >= 11 is 0. The van der Waals surface area contributed by atoms with Crippen molar-refractivity contribution in [3.8, 4) is 6.07 Å². The third-order valence-corrected chi connectivity index (χ3v) is 3.18. The summed E-state index contributed by atoms with van der Waals surface area (Å²) in [5.74, 6) is 0. The number of benzene rings is 1. The van der Waals surface area contributed by atoms with E-state index < -0.39 is 0 Å². The average Bonchev–Trinajstić information content (AvgIpc) is 2.49. The maximum absolute atomic E-state index is 8.88. The van der Waals surface area contributed by atoms with Crippen LogP contribution in [0.25, 0.3) is 0 Å². The van der Waals surface area contributed by atoms with Crippen LogP contribution in [0.15, 0.2) is 42.6 Å². The lowest BCUT2D eigenvalue weighted by molar-refractivity contribution is 0.271. The molecule has 0 saturated heterocycles. The fourth-order valence-electron chi connectivity index (χ4n) is 2.05. The van der Waals surface area contributed by atoms with Gasteiger partial charge in [-0.3, -0.25) is 4.90 Å². The van der Waals surface area contributed by atoms with E-state index in [0.29, 0.717) is 5.69 Å². The third-order valence-electron chi connectivity index (χ3n) is 3.18. The lowest BCUT2D eigenvalue weighted by atomic mass is 10.1. The van der Waals surface area contributed by atoms with E-state index in [9.17, 15) is 0 Å². The molecule has 1 heterocycles. The van der Waals surface area contributed by atoms with Gasteiger partial charge in [-0.15, -0.1) is 0 Å². The highest BCUT2D eigenvalue weighted by Crippen LogP contribution is 2.12. The topological polar surface area (TPSA) is 65.9 Å². The van der Waals surface area contributed by atoms with Gasteiger partial charge in [-0.1, -0.05) is 19.1 Å². The molecule has 1 aromatic heterocycles. The van der Waals surface area contributed by atoms with Crippen LogP contribution in [0.4, 0.5) is 5.69 Å². The van der Waals surface area contributed by atoms with Crippen molar-refractivity contribution in [2.24, 2.45) is 0 Å². The Morgan fingerprint density at radius 2 is 1.85 bits per heavy atom. The van der Waals surface area contributed by atoms with Crippen molar-refractivity contribution in [3.63, 3.8) is 0 Å². The van der Waals surface area contributed by atoms with Crippen molar-refractivity contribution in [2.45, 2.75) is 20.0 Å². The number of nitrogens with zero attached hydrogens (tertiary/aromatic N) is 3. The Labute approximate surface area is 119 Å². The molecule has 0 unspecified atom stereocenters. The van der Waals surface area contributed by atoms with Crippen LogP contribution in [0.2, 0.25) is 0 Å². The molecule has 0 bridgehead atoms. The molecule has 2 N–H and O–H groups in total. The average molecular weight is 266 g/mol. The second-order valence-corrected chi connectivity index (χ2v) is 4.71. The molecule has 0 aliphatic carbocycles. The number of rotatable bonds is 5. The van der Waals surface area contributed by atoms with E-state index in [1.165, 1.54) is 5.56 Å². The highest BCUT2D eigenvalue weighted by Gasteiger charge is 2.06. The summed E-state index contributed by atoms with van der Waals surface area (Å²) in [4.78, 5) is 6.30. The predicted molar refractivity (Wildman–Crippen MR) is 79.6 cm³/mol. The van der Waals surface area contributed by atoms with E-state index in [2.05, 4.69) is 22.9 Å². The minimum absolute atomic E-state index is 0.464. The van der Waals surface area contributed by atoms with Crippen LogP contribution in [-0.2, 0) is 13.1 Å². The number of hydrogen-bond acceptors (Lipinski definition) is 4. The van der Waals surface area contributed by atoms with Crippen molar-refractivity contribution in [1.82, 2.24) is 9.88 Å². The van der Waals surface area contributed by atoms with Crippen LogP contribution >= 0.6 is 0 Å². The molecular weight excluding hydrogens is 248 g/mol. The molecule has 4 nitrogen and oxygen atoms in total. The number of aromatic nitrogens is 1. The number of hydrogen-bond donors (Lipinski definition) is 1. The Morgan fingerprint density at radius 3 is 2.50 bits per heavy atom. The molecule has 1 aromatic carbocycles. The summed E-state index contributed by atoms with van der Waals surface area (Å²) in [5.41, 5.74) is 9.28.